The summed E-state index contributed by atoms with van der Waals surface area (Å²) in [5.74, 6) is -0.260. The Labute approximate surface area is 146 Å². The zero-order valence-electron chi connectivity index (χ0n) is 13.9. The minimum Gasteiger partial charge on any atom is -0.368 e. The van der Waals surface area contributed by atoms with Gasteiger partial charge in [0, 0.05) is 31.2 Å². The Morgan fingerprint density at radius 2 is 1.88 bits per heavy atom. The fraction of sp³-hybridized carbons (Fsp3) is 0.200. The summed E-state index contributed by atoms with van der Waals surface area (Å²) in [6.07, 6.45) is 6.13. The van der Waals surface area contributed by atoms with Gasteiger partial charge >= 0.3 is 0 Å². The van der Waals surface area contributed by atoms with Crippen LogP contribution in [-0.2, 0) is 24.3 Å². The molecule has 2 N–H and O–H groups in total. The zero-order chi connectivity index (χ0) is 17.2. The van der Waals surface area contributed by atoms with Gasteiger partial charge in [-0.3, -0.25) is 9.69 Å². The molecule has 2 aromatic carbocycles. The number of nitrogens with zero attached hydrogens (tertiary/aromatic N) is 3. The van der Waals surface area contributed by atoms with Crippen LogP contribution in [0, 0.1) is 0 Å². The van der Waals surface area contributed by atoms with Crippen LogP contribution in [0.4, 0.5) is 0 Å². The first-order chi connectivity index (χ1) is 12.2. The van der Waals surface area contributed by atoms with Crippen molar-refractivity contribution in [2.75, 3.05) is 0 Å². The number of benzene rings is 2. The summed E-state index contributed by atoms with van der Waals surface area (Å²) in [6.45, 7) is 1.44. The zero-order valence-corrected chi connectivity index (χ0v) is 13.9. The number of carbonyl (C=O) groups is 1. The van der Waals surface area contributed by atoms with E-state index in [0.29, 0.717) is 13.0 Å². The first-order valence-electron chi connectivity index (χ1n) is 8.38. The van der Waals surface area contributed by atoms with Crippen LogP contribution >= 0.6 is 0 Å². The number of nitrogens with two attached hydrogens (primary N) is 1. The second-order valence-corrected chi connectivity index (χ2v) is 6.43. The Balaban J connectivity index is 1.55. The SMILES string of the molecule is NC(=O)[C@H]1Cc2ccccc2CN1Cc1ccc(-n2ccnc2)cc1. The number of amides is 1. The van der Waals surface area contributed by atoms with Crippen LogP contribution in [-0.4, -0.2) is 26.4 Å². The maximum atomic E-state index is 11.9. The molecule has 0 unspecified atom stereocenters. The van der Waals surface area contributed by atoms with Gasteiger partial charge in [0.25, 0.3) is 0 Å². The van der Waals surface area contributed by atoms with Gasteiger partial charge in [0.1, 0.15) is 0 Å². The topological polar surface area (TPSA) is 64.2 Å². The fourth-order valence-electron chi connectivity index (χ4n) is 3.44. The Hall–Kier alpha value is -2.92. The van der Waals surface area contributed by atoms with Crippen molar-refractivity contribution >= 4 is 5.91 Å². The Morgan fingerprint density at radius 3 is 2.56 bits per heavy atom. The second kappa shape index (κ2) is 6.53. The van der Waals surface area contributed by atoms with Gasteiger partial charge in [-0.25, -0.2) is 4.98 Å². The van der Waals surface area contributed by atoms with E-state index in [9.17, 15) is 4.79 Å². The lowest BCUT2D eigenvalue weighted by Crippen LogP contribution is -2.48. The molecular weight excluding hydrogens is 312 g/mol. The number of carbonyl (C=O) groups excluding carboxylic acids is 1. The lowest BCUT2D eigenvalue weighted by Gasteiger charge is -2.35. The Bertz CT molecular complexity index is 871. The molecule has 0 saturated heterocycles. The van der Waals surface area contributed by atoms with Crippen molar-refractivity contribution < 1.29 is 4.79 Å². The minimum absolute atomic E-state index is 0.260. The van der Waals surface area contributed by atoms with E-state index in [1.54, 1.807) is 12.5 Å². The van der Waals surface area contributed by atoms with E-state index in [4.69, 9.17) is 5.73 Å². The quantitative estimate of drug-likeness (QED) is 0.797. The second-order valence-electron chi connectivity index (χ2n) is 6.43. The van der Waals surface area contributed by atoms with Crippen molar-refractivity contribution in [3.8, 4) is 5.69 Å². The van der Waals surface area contributed by atoms with E-state index in [1.165, 1.54) is 11.1 Å². The van der Waals surface area contributed by atoms with Crippen LogP contribution in [0.15, 0.2) is 67.3 Å². The highest BCUT2D eigenvalue weighted by molar-refractivity contribution is 5.80. The minimum atomic E-state index is -0.261. The van der Waals surface area contributed by atoms with Crippen molar-refractivity contribution in [2.45, 2.75) is 25.6 Å². The van der Waals surface area contributed by atoms with Gasteiger partial charge in [0.15, 0.2) is 0 Å². The lowest BCUT2D eigenvalue weighted by atomic mass is 9.93. The maximum absolute atomic E-state index is 11.9. The third-order valence-corrected chi connectivity index (χ3v) is 4.80. The van der Waals surface area contributed by atoms with E-state index in [0.717, 1.165) is 17.8 Å². The van der Waals surface area contributed by atoms with Gasteiger partial charge < -0.3 is 10.3 Å². The summed E-state index contributed by atoms with van der Waals surface area (Å²) in [5.41, 5.74) is 10.4. The summed E-state index contributed by atoms with van der Waals surface area (Å²) >= 11 is 0. The highest BCUT2D eigenvalue weighted by Crippen LogP contribution is 2.25. The van der Waals surface area contributed by atoms with E-state index in [1.807, 2.05) is 22.9 Å². The van der Waals surface area contributed by atoms with Crippen LogP contribution in [0.2, 0.25) is 0 Å². The van der Waals surface area contributed by atoms with E-state index in [-0.39, 0.29) is 11.9 Å². The van der Waals surface area contributed by atoms with Gasteiger partial charge in [-0.05, 0) is 35.2 Å². The van der Waals surface area contributed by atoms with Gasteiger partial charge in [0.05, 0.1) is 12.4 Å². The standard InChI is InChI=1S/C20H20N4O/c21-20(25)19-11-16-3-1-2-4-17(16)13-24(19)12-15-5-7-18(8-6-15)23-10-9-22-14-23/h1-10,14,19H,11-13H2,(H2,21,25)/t19-/m1/s1. The molecule has 1 aromatic heterocycles. The molecule has 0 aliphatic carbocycles. The largest absolute Gasteiger partial charge is 0.368 e. The molecule has 0 saturated carbocycles. The van der Waals surface area contributed by atoms with Crippen LogP contribution in [0.25, 0.3) is 5.69 Å². The van der Waals surface area contributed by atoms with E-state index >= 15 is 0 Å². The Morgan fingerprint density at radius 1 is 1.12 bits per heavy atom. The van der Waals surface area contributed by atoms with Crippen LogP contribution in [0.5, 0.6) is 0 Å². The molecule has 0 spiro atoms. The van der Waals surface area contributed by atoms with E-state index < -0.39 is 0 Å². The molecule has 4 rings (SSSR count). The lowest BCUT2D eigenvalue weighted by molar-refractivity contribution is -0.124. The molecule has 25 heavy (non-hydrogen) atoms. The predicted octanol–water partition coefficient (Wildman–Crippen LogP) is 2.28. The van der Waals surface area contributed by atoms with Crippen molar-refractivity contribution in [1.29, 1.82) is 0 Å². The average molecular weight is 332 g/mol. The van der Waals surface area contributed by atoms with Crippen LogP contribution < -0.4 is 5.73 Å². The van der Waals surface area contributed by atoms with Gasteiger partial charge in [0.2, 0.25) is 5.91 Å². The summed E-state index contributed by atoms with van der Waals surface area (Å²) in [4.78, 5) is 18.2. The molecule has 1 aliphatic heterocycles. The summed E-state index contributed by atoms with van der Waals surface area (Å²) < 4.78 is 1.97. The first kappa shape index (κ1) is 15.6. The summed E-state index contributed by atoms with van der Waals surface area (Å²) in [7, 11) is 0. The first-order valence-corrected chi connectivity index (χ1v) is 8.38. The summed E-state index contributed by atoms with van der Waals surface area (Å²) in [5, 5.41) is 0. The normalized spacial score (nSPS) is 17.2. The molecule has 0 fully saturated rings. The molecule has 1 amide bonds. The molecule has 0 bridgehead atoms. The van der Waals surface area contributed by atoms with Crippen LogP contribution in [0.3, 0.4) is 0 Å². The van der Waals surface area contributed by atoms with Gasteiger partial charge in [-0.2, -0.15) is 0 Å². The smallest absolute Gasteiger partial charge is 0.235 e. The van der Waals surface area contributed by atoms with E-state index in [2.05, 4.69) is 46.3 Å². The molecule has 5 heteroatoms. The molecule has 0 radical (unpaired) electrons. The fourth-order valence-corrected chi connectivity index (χ4v) is 3.44. The summed E-state index contributed by atoms with van der Waals surface area (Å²) in [6, 6.07) is 16.3. The third kappa shape index (κ3) is 3.19. The molecule has 1 atom stereocenters. The monoisotopic (exact) mass is 332 g/mol. The van der Waals surface area contributed by atoms with Crippen LogP contribution in [0.1, 0.15) is 16.7 Å². The van der Waals surface area contributed by atoms with Gasteiger partial charge in [-0.1, -0.05) is 36.4 Å². The molecule has 1 aliphatic rings. The third-order valence-electron chi connectivity index (χ3n) is 4.80. The molecule has 5 nitrogen and oxygen atoms in total. The molecular formula is C20H20N4O. The number of rotatable bonds is 4. The number of fused-ring (bicyclic) bond motifs is 1. The number of primary amides is 1. The molecule has 2 heterocycles. The van der Waals surface area contributed by atoms with Crippen molar-refractivity contribution in [3.63, 3.8) is 0 Å². The maximum Gasteiger partial charge on any atom is 0.235 e. The average Bonchev–Trinajstić information content (AvgIpc) is 3.16. The number of aromatic nitrogens is 2. The van der Waals surface area contributed by atoms with Gasteiger partial charge in [-0.15, -0.1) is 0 Å². The van der Waals surface area contributed by atoms with Crippen molar-refractivity contribution in [1.82, 2.24) is 14.5 Å². The highest BCUT2D eigenvalue weighted by atomic mass is 16.1. The number of imidazole rings is 1. The Kier molecular flexibility index (Phi) is 4.07. The van der Waals surface area contributed by atoms with Crippen molar-refractivity contribution in [3.05, 3.63) is 83.9 Å². The number of hydrogen-bond donors (Lipinski definition) is 1. The molecule has 126 valence electrons. The van der Waals surface area contributed by atoms with Crippen molar-refractivity contribution in [2.24, 2.45) is 5.73 Å². The highest BCUT2D eigenvalue weighted by Gasteiger charge is 2.29. The molecule has 3 aromatic rings. The predicted molar refractivity (Wildman–Crippen MR) is 95.9 cm³/mol. The number of hydrogen-bond acceptors (Lipinski definition) is 3.